The minimum atomic E-state index is -1.02. The van der Waals surface area contributed by atoms with Gasteiger partial charge in [0.1, 0.15) is 5.82 Å². The number of hydrogen-bond donors (Lipinski definition) is 3. The Bertz CT molecular complexity index is 770. The van der Waals surface area contributed by atoms with E-state index in [1.165, 1.54) is 0 Å². The molecule has 2 aliphatic rings. The molecule has 1 saturated heterocycles. The van der Waals surface area contributed by atoms with Gasteiger partial charge in [-0.05, 0) is 12.1 Å². The molecule has 1 unspecified atom stereocenters. The van der Waals surface area contributed by atoms with Crippen molar-refractivity contribution in [1.29, 1.82) is 0 Å². The van der Waals surface area contributed by atoms with Gasteiger partial charge in [0.15, 0.2) is 17.4 Å². The molecule has 6 nitrogen and oxygen atoms in total. The number of halogens is 2. The van der Waals surface area contributed by atoms with Crippen molar-refractivity contribution in [3.8, 4) is 17.0 Å². The van der Waals surface area contributed by atoms with Gasteiger partial charge in [0.05, 0.1) is 17.4 Å². The summed E-state index contributed by atoms with van der Waals surface area (Å²) in [5, 5.41) is 24.5. The van der Waals surface area contributed by atoms with Crippen molar-refractivity contribution in [1.82, 2.24) is 15.5 Å². The van der Waals surface area contributed by atoms with Gasteiger partial charge >= 0.3 is 0 Å². The number of fused-ring (bicyclic) bond motifs is 3. The Hall–Kier alpha value is -2.48. The SMILES string of the molecule is Oc1c(F)cc(F)cc1-c1cc2c(nn1)NCC1CNCCN21. The minimum absolute atomic E-state index is 0.00458. The molecule has 8 heteroatoms. The number of piperazine rings is 1. The first kappa shape index (κ1) is 14.1. The molecule has 23 heavy (non-hydrogen) atoms. The normalized spacial score (nSPS) is 19.7. The molecule has 1 aromatic heterocycles. The topological polar surface area (TPSA) is 73.3 Å². The van der Waals surface area contributed by atoms with Crippen molar-refractivity contribution in [3.63, 3.8) is 0 Å². The Morgan fingerprint density at radius 2 is 2.04 bits per heavy atom. The predicted molar refractivity (Wildman–Crippen MR) is 81.5 cm³/mol. The van der Waals surface area contributed by atoms with E-state index in [0.717, 1.165) is 37.9 Å². The van der Waals surface area contributed by atoms with E-state index in [9.17, 15) is 13.9 Å². The van der Waals surface area contributed by atoms with Crippen LogP contribution in [-0.2, 0) is 0 Å². The second-order valence-electron chi connectivity index (χ2n) is 5.68. The van der Waals surface area contributed by atoms with E-state index < -0.39 is 17.4 Å². The average Bonchev–Trinajstić information content (AvgIpc) is 2.57. The lowest BCUT2D eigenvalue weighted by Crippen LogP contribution is -2.56. The molecule has 4 rings (SSSR count). The number of nitrogens with one attached hydrogen (secondary N) is 2. The first-order valence-corrected chi connectivity index (χ1v) is 7.41. The summed E-state index contributed by atoms with van der Waals surface area (Å²) >= 11 is 0. The summed E-state index contributed by atoms with van der Waals surface area (Å²) in [5.41, 5.74) is 1.06. The van der Waals surface area contributed by atoms with E-state index in [-0.39, 0.29) is 17.3 Å². The lowest BCUT2D eigenvalue weighted by atomic mass is 10.1. The highest BCUT2D eigenvalue weighted by molar-refractivity contribution is 5.76. The van der Waals surface area contributed by atoms with Gasteiger partial charge in [0, 0.05) is 37.8 Å². The second kappa shape index (κ2) is 5.31. The maximum Gasteiger partial charge on any atom is 0.172 e. The molecule has 0 radical (unpaired) electrons. The molecule has 0 bridgehead atoms. The fourth-order valence-corrected chi connectivity index (χ4v) is 3.09. The molecule has 1 atom stereocenters. The minimum Gasteiger partial charge on any atom is -0.504 e. The number of phenols is 1. The number of hydrogen-bond acceptors (Lipinski definition) is 6. The first-order valence-electron chi connectivity index (χ1n) is 7.41. The van der Waals surface area contributed by atoms with E-state index in [2.05, 4.69) is 25.7 Å². The smallest absolute Gasteiger partial charge is 0.172 e. The Morgan fingerprint density at radius 1 is 1.17 bits per heavy atom. The highest BCUT2D eigenvalue weighted by atomic mass is 19.1. The van der Waals surface area contributed by atoms with Gasteiger partial charge in [-0.15, -0.1) is 10.2 Å². The fraction of sp³-hybridized carbons (Fsp3) is 0.333. The Labute approximate surface area is 131 Å². The van der Waals surface area contributed by atoms with Crippen LogP contribution in [-0.4, -0.2) is 47.5 Å². The number of phenolic OH excluding ortho intramolecular Hbond substituents is 1. The summed E-state index contributed by atoms with van der Waals surface area (Å²) in [7, 11) is 0. The first-order chi connectivity index (χ1) is 11.1. The lowest BCUT2D eigenvalue weighted by Gasteiger charge is -2.42. The van der Waals surface area contributed by atoms with Crippen molar-refractivity contribution < 1.29 is 13.9 Å². The standard InChI is InChI=1S/C15H15F2N5O/c16-8-3-10(14(23)11(17)4-8)12-5-13-15(21-20-12)19-7-9-6-18-1-2-22(9)13/h3-5,9,18,23H,1-2,6-7H2,(H,19,21). The van der Waals surface area contributed by atoms with Crippen molar-refractivity contribution in [2.24, 2.45) is 0 Å². The van der Waals surface area contributed by atoms with Crippen LogP contribution < -0.4 is 15.5 Å². The zero-order chi connectivity index (χ0) is 16.0. The molecule has 0 amide bonds. The number of benzene rings is 1. The molecule has 120 valence electrons. The number of nitrogens with zero attached hydrogens (tertiary/aromatic N) is 3. The van der Waals surface area contributed by atoms with Gasteiger partial charge in [-0.2, -0.15) is 0 Å². The summed E-state index contributed by atoms with van der Waals surface area (Å²) in [6.07, 6.45) is 0. The predicted octanol–water partition coefficient (Wildman–Crippen LogP) is 1.33. The average molecular weight is 319 g/mol. The van der Waals surface area contributed by atoms with Crippen LogP contribution in [0, 0.1) is 11.6 Å². The molecule has 1 fully saturated rings. The third kappa shape index (κ3) is 2.35. The maximum atomic E-state index is 13.6. The number of anilines is 2. The molecule has 1 aromatic carbocycles. The van der Waals surface area contributed by atoms with E-state index in [1.807, 2.05) is 0 Å². The van der Waals surface area contributed by atoms with Crippen molar-refractivity contribution in [2.75, 3.05) is 36.4 Å². The highest BCUT2D eigenvalue weighted by Gasteiger charge is 2.30. The summed E-state index contributed by atoms with van der Waals surface area (Å²) in [6.45, 7) is 3.28. The third-order valence-corrected chi connectivity index (χ3v) is 4.24. The molecule has 2 aromatic rings. The van der Waals surface area contributed by atoms with Gasteiger partial charge in [-0.25, -0.2) is 8.78 Å². The van der Waals surface area contributed by atoms with Crippen molar-refractivity contribution >= 4 is 11.5 Å². The summed E-state index contributed by atoms with van der Waals surface area (Å²) in [5.74, 6) is -1.77. The number of rotatable bonds is 1. The van der Waals surface area contributed by atoms with E-state index in [1.54, 1.807) is 6.07 Å². The Morgan fingerprint density at radius 3 is 2.91 bits per heavy atom. The van der Waals surface area contributed by atoms with Crippen LogP contribution in [0.1, 0.15) is 0 Å². The zero-order valence-corrected chi connectivity index (χ0v) is 12.2. The quantitative estimate of drug-likeness (QED) is 0.736. The highest BCUT2D eigenvalue weighted by Crippen LogP contribution is 2.36. The van der Waals surface area contributed by atoms with E-state index in [4.69, 9.17) is 0 Å². The summed E-state index contributed by atoms with van der Waals surface area (Å²) < 4.78 is 27.0. The molecule has 0 saturated carbocycles. The molecular formula is C15H15F2N5O. The van der Waals surface area contributed by atoms with Gasteiger partial charge in [0.2, 0.25) is 0 Å². The number of aromatic hydroxyl groups is 1. The van der Waals surface area contributed by atoms with Crippen LogP contribution in [0.3, 0.4) is 0 Å². The van der Waals surface area contributed by atoms with Gasteiger partial charge < -0.3 is 20.6 Å². The van der Waals surface area contributed by atoms with Crippen LogP contribution >= 0.6 is 0 Å². The van der Waals surface area contributed by atoms with Crippen molar-refractivity contribution in [3.05, 3.63) is 29.8 Å². The molecule has 3 heterocycles. The molecule has 0 spiro atoms. The van der Waals surface area contributed by atoms with Gasteiger partial charge in [-0.1, -0.05) is 0 Å². The Kier molecular flexibility index (Phi) is 3.26. The van der Waals surface area contributed by atoms with Crippen LogP contribution in [0.2, 0.25) is 0 Å². The summed E-state index contributed by atoms with van der Waals surface area (Å²) in [6, 6.07) is 3.69. The molecule has 0 aliphatic carbocycles. The lowest BCUT2D eigenvalue weighted by molar-refractivity contribution is 0.430. The van der Waals surface area contributed by atoms with Crippen LogP contribution in [0.25, 0.3) is 11.3 Å². The third-order valence-electron chi connectivity index (χ3n) is 4.24. The second-order valence-corrected chi connectivity index (χ2v) is 5.68. The molecular weight excluding hydrogens is 304 g/mol. The van der Waals surface area contributed by atoms with E-state index in [0.29, 0.717) is 11.9 Å². The Balaban J connectivity index is 1.81. The largest absolute Gasteiger partial charge is 0.504 e. The van der Waals surface area contributed by atoms with Crippen molar-refractivity contribution in [2.45, 2.75) is 6.04 Å². The molecule has 2 aliphatic heterocycles. The molecule has 3 N–H and O–H groups in total. The van der Waals surface area contributed by atoms with Crippen LogP contribution in [0.4, 0.5) is 20.3 Å². The monoisotopic (exact) mass is 319 g/mol. The number of aromatic nitrogens is 2. The summed E-state index contributed by atoms with van der Waals surface area (Å²) in [4.78, 5) is 2.20. The van der Waals surface area contributed by atoms with Crippen LogP contribution in [0.5, 0.6) is 5.75 Å². The fourth-order valence-electron chi connectivity index (χ4n) is 3.09. The van der Waals surface area contributed by atoms with E-state index >= 15 is 0 Å². The maximum absolute atomic E-state index is 13.6. The van der Waals surface area contributed by atoms with Gasteiger partial charge in [-0.3, -0.25) is 0 Å². The van der Waals surface area contributed by atoms with Crippen LogP contribution in [0.15, 0.2) is 18.2 Å². The zero-order valence-electron chi connectivity index (χ0n) is 12.2. The van der Waals surface area contributed by atoms with Gasteiger partial charge in [0.25, 0.3) is 0 Å².